The molecule has 2 rings (SSSR count). The minimum absolute atomic E-state index is 0.133. The maximum atomic E-state index is 6.26. The van der Waals surface area contributed by atoms with E-state index in [9.17, 15) is 0 Å². The van der Waals surface area contributed by atoms with E-state index < -0.39 is 0 Å². The van der Waals surface area contributed by atoms with E-state index >= 15 is 0 Å². The summed E-state index contributed by atoms with van der Waals surface area (Å²) in [5.41, 5.74) is 3.01. The van der Waals surface area contributed by atoms with Gasteiger partial charge >= 0.3 is 0 Å². The van der Waals surface area contributed by atoms with Crippen molar-refractivity contribution in [2.75, 3.05) is 14.2 Å². The smallest absolute Gasteiger partial charge is 0.141 e. The Bertz CT molecular complexity index is 623. The van der Waals surface area contributed by atoms with Gasteiger partial charge in [0, 0.05) is 18.8 Å². The highest BCUT2D eigenvalue weighted by Gasteiger charge is 2.12. The number of aromatic nitrogens is 1. The van der Waals surface area contributed by atoms with Crippen LogP contribution in [0.1, 0.15) is 29.8 Å². The molecule has 118 valence electrons. The van der Waals surface area contributed by atoms with Crippen LogP contribution >= 0.6 is 11.6 Å². The maximum Gasteiger partial charge on any atom is 0.141 e. The lowest BCUT2D eigenvalue weighted by atomic mass is 10.0. The van der Waals surface area contributed by atoms with Crippen LogP contribution in [0.25, 0.3) is 0 Å². The molecular formula is C17H21ClN2O2. The fraction of sp³-hybridized carbons (Fsp3) is 0.353. The third-order valence-electron chi connectivity index (χ3n) is 3.60. The van der Waals surface area contributed by atoms with Gasteiger partial charge in [-0.2, -0.15) is 0 Å². The highest BCUT2D eigenvalue weighted by Crippen LogP contribution is 2.31. The average Bonchev–Trinajstić information content (AvgIpc) is 2.52. The normalized spacial score (nSPS) is 12.0. The Morgan fingerprint density at radius 2 is 2.05 bits per heavy atom. The summed E-state index contributed by atoms with van der Waals surface area (Å²) in [5.74, 6) is 1.51. The largest absolute Gasteiger partial charge is 0.495 e. The first-order valence-corrected chi connectivity index (χ1v) is 7.50. The summed E-state index contributed by atoms with van der Waals surface area (Å²) in [6.07, 6.45) is 1.76. The number of hydrogen-bond donors (Lipinski definition) is 1. The molecule has 4 nitrogen and oxygen atoms in total. The number of nitrogens with one attached hydrogen (secondary N) is 1. The fourth-order valence-corrected chi connectivity index (χ4v) is 2.73. The van der Waals surface area contributed by atoms with Crippen LogP contribution in [0.5, 0.6) is 11.5 Å². The molecule has 1 atom stereocenters. The number of halogens is 1. The van der Waals surface area contributed by atoms with Crippen LogP contribution in [0.3, 0.4) is 0 Å². The molecule has 0 saturated carbocycles. The molecule has 0 amide bonds. The van der Waals surface area contributed by atoms with E-state index in [1.54, 1.807) is 20.4 Å². The zero-order chi connectivity index (χ0) is 16.1. The lowest BCUT2D eigenvalue weighted by molar-refractivity contribution is 0.402. The van der Waals surface area contributed by atoms with E-state index in [1.165, 1.54) is 0 Å². The molecule has 2 aromatic rings. The highest BCUT2D eigenvalue weighted by atomic mass is 35.5. The third-order valence-corrected chi connectivity index (χ3v) is 3.88. The molecule has 0 saturated heterocycles. The number of methoxy groups -OCH3 is 2. The molecule has 0 radical (unpaired) electrons. The molecule has 1 aromatic carbocycles. The quantitative estimate of drug-likeness (QED) is 0.876. The summed E-state index contributed by atoms with van der Waals surface area (Å²) >= 11 is 6.26. The molecule has 0 aliphatic rings. The number of hydrogen-bond acceptors (Lipinski definition) is 4. The topological polar surface area (TPSA) is 43.4 Å². The molecular weight excluding hydrogens is 300 g/mol. The molecule has 1 N–H and O–H groups in total. The van der Waals surface area contributed by atoms with Gasteiger partial charge in [0.25, 0.3) is 0 Å². The second-order valence-electron chi connectivity index (χ2n) is 5.11. The van der Waals surface area contributed by atoms with Gasteiger partial charge < -0.3 is 14.8 Å². The minimum atomic E-state index is 0.133. The molecule has 1 aromatic heterocycles. The van der Waals surface area contributed by atoms with Crippen molar-refractivity contribution in [3.05, 3.63) is 52.3 Å². The first kappa shape index (κ1) is 16.6. The molecule has 1 heterocycles. The van der Waals surface area contributed by atoms with Crippen molar-refractivity contribution in [3.63, 3.8) is 0 Å². The van der Waals surface area contributed by atoms with E-state index in [4.69, 9.17) is 21.1 Å². The molecule has 0 aliphatic heterocycles. The first-order chi connectivity index (χ1) is 10.6. The number of aryl methyl sites for hydroxylation is 1. The lowest BCUT2D eigenvalue weighted by Crippen LogP contribution is -2.19. The summed E-state index contributed by atoms with van der Waals surface area (Å²) in [4.78, 5) is 4.34. The van der Waals surface area contributed by atoms with Crippen LogP contribution in [0.15, 0.2) is 30.5 Å². The Labute approximate surface area is 136 Å². The standard InChI is InChI=1S/C17H21ClN2O2/c1-11-8-13(9-14(18)17(11)22-4)12(2)20-10-15-16(21-3)6-5-7-19-15/h5-9,12,20H,10H2,1-4H3. The van der Waals surface area contributed by atoms with E-state index in [-0.39, 0.29) is 6.04 Å². The van der Waals surface area contributed by atoms with Crippen molar-refractivity contribution in [3.8, 4) is 11.5 Å². The third kappa shape index (κ3) is 3.70. The van der Waals surface area contributed by atoms with E-state index in [0.717, 1.165) is 28.3 Å². The molecule has 1 unspecified atom stereocenters. The Morgan fingerprint density at radius 3 is 2.68 bits per heavy atom. The molecule has 0 spiro atoms. The summed E-state index contributed by atoms with van der Waals surface area (Å²) in [5, 5.41) is 4.07. The number of benzene rings is 1. The van der Waals surface area contributed by atoms with Gasteiger partial charge in [-0.05, 0) is 43.2 Å². The van der Waals surface area contributed by atoms with Gasteiger partial charge in [-0.25, -0.2) is 0 Å². The Kier molecular flexibility index (Phi) is 5.63. The summed E-state index contributed by atoms with van der Waals surface area (Å²) in [7, 11) is 3.28. The van der Waals surface area contributed by atoms with Crippen LogP contribution in [0, 0.1) is 6.92 Å². The molecule has 0 bridgehead atoms. The number of nitrogens with zero attached hydrogens (tertiary/aromatic N) is 1. The van der Waals surface area contributed by atoms with Crippen LogP contribution in [-0.4, -0.2) is 19.2 Å². The van der Waals surface area contributed by atoms with Gasteiger partial charge in [-0.1, -0.05) is 17.7 Å². The predicted octanol–water partition coefficient (Wildman–Crippen LogP) is 3.91. The monoisotopic (exact) mass is 320 g/mol. The van der Waals surface area contributed by atoms with Crippen LogP contribution in [0.2, 0.25) is 5.02 Å². The number of ether oxygens (including phenoxy) is 2. The molecule has 22 heavy (non-hydrogen) atoms. The van der Waals surface area contributed by atoms with Crippen molar-refractivity contribution in [2.24, 2.45) is 0 Å². The summed E-state index contributed by atoms with van der Waals surface area (Å²) in [6.45, 7) is 4.70. The van der Waals surface area contributed by atoms with Crippen LogP contribution in [-0.2, 0) is 6.54 Å². The van der Waals surface area contributed by atoms with Crippen LogP contribution < -0.4 is 14.8 Å². The van der Waals surface area contributed by atoms with E-state index in [2.05, 4.69) is 23.3 Å². The van der Waals surface area contributed by atoms with Gasteiger partial charge in [0.05, 0.1) is 24.9 Å². The van der Waals surface area contributed by atoms with Crippen molar-refractivity contribution in [1.29, 1.82) is 0 Å². The van der Waals surface area contributed by atoms with Crippen LogP contribution in [0.4, 0.5) is 0 Å². The zero-order valence-electron chi connectivity index (χ0n) is 13.3. The van der Waals surface area contributed by atoms with Gasteiger partial charge in [-0.15, -0.1) is 0 Å². The molecule has 0 fully saturated rings. The van der Waals surface area contributed by atoms with Crippen molar-refractivity contribution in [1.82, 2.24) is 10.3 Å². The Morgan fingerprint density at radius 1 is 1.27 bits per heavy atom. The average molecular weight is 321 g/mol. The number of rotatable bonds is 6. The summed E-state index contributed by atoms with van der Waals surface area (Å²) < 4.78 is 10.6. The molecule has 0 aliphatic carbocycles. The van der Waals surface area contributed by atoms with Crippen molar-refractivity contribution < 1.29 is 9.47 Å². The van der Waals surface area contributed by atoms with E-state index in [1.807, 2.05) is 25.1 Å². The molecule has 5 heteroatoms. The minimum Gasteiger partial charge on any atom is -0.495 e. The second-order valence-corrected chi connectivity index (χ2v) is 5.52. The first-order valence-electron chi connectivity index (χ1n) is 7.12. The SMILES string of the molecule is COc1cccnc1CNC(C)c1cc(C)c(OC)c(Cl)c1. The lowest BCUT2D eigenvalue weighted by Gasteiger charge is -2.17. The highest BCUT2D eigenvalue weighted by molar-refractivity contribution is 6.32. The van der Waals surface area contributed by atoms with Gasteiger partial charge in [0.2, 0.25) is 0 Å². The summed E-state index contributed by atoms with van der Waals surface area (Å²) in [6, 6.07) is 7.91. The predicted molar refractivity (Wildman–Crippen MR) is 88.8 cm³/mol. The Balaban J connectivity index is 2.11. The van der Waals surface area contributed by atoms with Crippen molar-refractivity contribution in [2.45, 2.75) is 26.4 Å². The van der Waals surface area contributed by atoms with Gasteiger partial charge in [-0.3, -0.25) is 4.98 Å². The van der Waals surface area contributed by atoms with Crippen molar-refractivity contribution >= 4 is 11.6 Å². The van der Waals surface area contributed by atoms with Gasteiger partial charge in [0.15, 0.2) is 0 Å². The second kappa shape index (κ2) is 7.47. The fourth-order valence-electron chi connectivity index (χ4n) is 2.38. The Hall–Kier alpha value is -1.78. The zero-order valence-corrected chi connectivity index (χ0v) is 14.1. The number of pyridine rings is 1. The maximum absolute atomic E-state index is 6.26. The van der Waals surface area contributed by atoms with Gasteiger partial charge in [0.1, 0.15) is 11.5 Å². The van der Waals surface area contributed by atoms with E-state index in [0.29, 0.717) is 11.6 Å².